The topological polar surface area (TPSA) is 95.9 Å². The van der Waals surface area contributed by atoms with Gasteiger partial charge in [0.1, 0.15) is 5.75 Å². The maximum absolute atomic E-state index is 12.2. The van der Waals surface area contributed by atoms with Crippen molar-refractivity contribution >= 4 is 23.5 Å². The van der Waals surface area contributed by atoms with E-state index in [4.69, 9.17) is 4.74 Å². The molecule has 2 N–H and O–H groups in total. The molecule has 1 heterocycles. The van der Waals surface area contributed by atoms with Crippen molar-refractivity contribution in [3.8, 4) is 5.75 Å². The number of phenolic OH excluding ortho intramolecular Hbond substituents is 1. The summed E-state index contributed by atoms with van der Waals surface area (Å²) in [5, 5.41) is 12.0. The fourth-order valence-corrected chi connectivity index (χ4v) is 2.51. The van der Waals surface area contributed by atoms with E-state index in [2.05, 4.69) is 5.32 Å². The predicted octanol–water partition coefficient (Wildman–Crippen LogP) is 1.13. The lowest BCUT2D eigenvalue weighted by molar-refractivity contribution is -0.153. The number of anilines is 1. The zero-order valence-electron chi connectivity index (χ0n) is 12.9. The Morgan fingerprint density at radius 2 is 2.09 bits per heavy atom. The van der Waals surface area contributed by atoms with E-state index in [-0.39, 0.29) is 30.6 Å². The van der Waals surface area contributed by atoms with Crippen LogP contribution in [0.3, 0.4) is 0 Å². The summed E-state index contributed by atoms with van der Waals surface area (Å²) in [6.45, 7) is 2.61. The minimum Gasteiger partial charge on any atom is -0.506 e. The Morgan fingerprint density at radius 3 is 2.78 bits per heavy atom. The molecule has 1 aliphatic heterocycles. The number of piperidine rings is 1. The van der Waals surface area contributed by atoms with Crippen LogP contribution in [0.2, 0.25) is 0 Å². The molecular formula is C16H20N2O5. The van der Waals surface area contributed by atoms with Crippen LogP contribution in [-0.2, 0) is 19.1 Å². The third-order valence-electron chi connectivity index (χ3n) is 3.68. The first-order valence-electron chi connectivity index (χ1n) is 7.57. The SMILES string of the molecule is CCOC(=O)C1CCCN(C(=O)C(=O)Nc2ccccc2O)C1. The number of ether oxygens (including phenoxy) is 1. The van der Waals surface area contributed by atoms with E-state index in [0.29, 0.717) is 19.4 Å². The van der Waals surface area contributed by atoms with Crippen molar-refractivity contribution in [3.63, 3.8) is 0 Å². The number of nitrogens with one attached hydrogen (secondary N) is 1. The Hall–Kier alpha value is -2.57. The van der Waals surface area contributed by atoms with Crippen molar-refractivity contribution in [1.82, 2.24) is 4.90 Å². The molecular weight excluding hydrogens is 300 g/mol. The highest BCUT2D eigenvalue weighted by Gasteiger charge is 2.32. The fourth-order valence-electron chi connectivity index (χ4n) is 2.51. The molecule has 1 saturated heterocycles. The third-order valence-corrected chi connectivity index (χ3v) is 3.68. The number of carbonyl (C=O) groups excluding carboxylic acids is 3. The maximum atomic E-state index is 12.2. The number of rotatable bonds is 3. The standard InChI is InChI=1S/C16H20N2O5/c1-2-23-16(22)11-6-5-9-18(10-11)15(21)14(20)17-12-7-3-4-8-13(12)19/h3-4,7-8,11,19H,2,5-6,9-10H2,1H3,(H,17,20). The van der Waals surface area contributed by atoms with Crippen molar-refractivity contribution in [3.05, 3.63) is 24.3 Å². The highest BCUT2D eigenvalue weighted by atomic mass is 16.5. The van der Waals surface area contributed by atoms with Gasteiger partial charge in [-0.3, -0.25) is 14.4 Å². The molecule has 1 fully saturated rings. The predicted molar refractivity (Wildman–Crippen MR) is 82.7 cm³/mol. The summed E-state index contributed by atoms with van der Waals surface area (Å²) in [7, 11) is 0. The van der Waals surface area contributed by atoms with Gasteiger partial charge in [0.2, 0.25) is 0 Å². The molecule has 1 unspecified atom stereocenters. The van der Waals surface area contributed by atoms with Crippen molar-refractivity contribution in [2.45, 2.75) is 19.8 Å². The van der Waals surface area contributed by atoms with Crippen molar-refractivity contribution in [2.75, 3.05) is 25.0 Å². The van der Waals surface area contributed by atoms with E-state index >= 15 is 0 Å². The van der Waals surface area contributed by atoms with Crippen LogP contribution in [0, 0.1) is 5.92 Å². The number of benzene rings is 1. The summed E-state index contributed by atoms with van der Waals surface area (Å²) >= 11 is 0. The van der Waals surface area contributed by atoms with E-state index in [1.165, 1.54) is 17.0 Å². The third kappa shape index (κ3) is 4.21. The van der Waals surface area contributed by atoms with Gasteiger partial charge in [0.05, 0.1) is 18.2 Å². The Morgan fingerprint density at radius 1 is 1.35 bits per heavy atom. The summed E-state index contributed by atoms with van der Waals surface area (Å²) in [4.78, 5) is 37.4. The monoisotopic (exact) mass is 320 g/mol. The summed E-state index contributed by atoms with van der Waals surface area (Å²) in [5.74, 6) is -2.41. The second-order valence-corrected chi connectivity index (χ2v) is 5.31. The van der Waals surface area contributed by atoms with E-state index in [1.807, 2.05) is 0 Å². The van der Waals surface area contributed by atoms with Crippen molar-refractivity contribution in [2.24, 2.45) is 5.92 Å². The van der Waals surface area contributed by atoms with Gasteiger partial charge in [-0.25, -0.2) is 0 Å². The summed E-state index contributed by atoms with van der Waals surface area (Å²) < 4.78 is 4.97. The van der Waals surface area contributed by atoms with Gasteiger partial charge in [-0.1, -0.05) is 12.1 Å². The molecule has 7 nitrogen and oxygen atoms in total. The summed E-state index contributed by atoms with van der Waals surface area (Å²) in [5.41, 5.74) is 0.171. The number of amides is 2. The first kappa shape index (κ1) is 16.8. The van der Waals surface area contributed by atoms with Gasteiger partial charge in [-0.15, -0.1) is 0 Å². The minimum absolute atomic E-state index is 0.114. The van der Waals surface area contributed by atoms with Crippen LogP contribution < -0.4 is 5.32 Å². The van der Waals surface area contributed by atoms with Gasteiger partial charge in [-0.2, -0.15) is 0 Å². The number of aromatic hydroxyl groups is 1. The van der Waals surface area contributed by atoms with Crippen LogP contribution in [0.25, 0.3) is 0 Å². The Kier molecular flexibility index (Phi) is 5.56. The maximum Gasteiger partial charge on any atom is 0.314 e. The van der Waals surface area contributed by atoms with Crippen LogP contribution in [0.4, 0.5) is 5.69 Å². The fraction of sp³-hybridized carbons (Fsp3) is 0.438. The number of hydrogen-bond donors (Lipinski definition) is 2. The number of hydrogen-bond acceptors (Lipinski definition) is 5. The molecule has 0 spiro atoms. The van der Waals surface area contributed by atoms with Crippen LogP contribution in [0.5, 0.6) is 5.75 Å². The van der Waals surface area contributed by atoms with Crippen LogP contribution in [0.15, 0.2) is 24.3 Å². The molecule has 1 atom stereocenters. The molecule has 7 heteroatoms. The van der Waals surface area contributed by atoms with Gasteiger partial charge in [0.15, 0.2) is 0 Å². The van der Waals surface area contributed by atoms with E-state index < -0.39 is 17.7 Å². The average Bonchev–Trinajstić information content (AvgIpc) is 2.56. The van der Waals surface area contributed by atoms with Crippen LogP contribution in [-0.4, -0.2) is 47.5 Å². The van der Waals surface area contributed by atoms with Crippen molar-refractivity contribution < 1.29 is 24.2 Å². The number of likely N-dealkylation sites (tertiary alicyclic amines) is 1. The highest BCUT2D eigenvalue weighted by molar-refractivity contribution is 6.39. The average molecular weight is 320 g/mol. The molecule has 1 aliphatic rings. The van der Waals surface area contributed by atoms with Crippen LogP contribution in [0.1, 0.15) is 19.8 Å². The van der Waals surface area contributed by atoms with Gasteiger partial charge >= 0.3 is 17.8 Å². The molecule has 124 valence electrons. The lowest BCUT2D eigenvalue weighted by Gasteiger charge is -2.31. The molecule has 23 heavy (non-hydrogen) atoms. The molecule has 0 aromatic heterocycles. The Balaban J connectivity index is 1.97. The molecule has 0 radical (unpaired) electrons. The van der Waals surface area contributed by atoms with Gasteiger partial charge in [0.25, 0.3) is 0 Å². The molecule has 1 aromatic rings. The molecule has 1 aromatic carbocycles. The van der Waals surface area contributed by atoms with Crippen molar-refractivity contribution in [1.29, 1.82) is 0 Å². The quantitative estimate of drug-likeness (QED) is 0.494. The Labute approximate surface area is 134 Å². The number of esters is 1. The number of carbonyl (C=O) groups is 3. The second kappa shape index (κ2) is 7.62. The molecule has 0 saturated carbocycles. The molecule has 0 aliphatic carbocycles. The lowest BCUT2D eigenvalue weighted by atomic mass is 9.98. The first-order valence-corrected chi connectivity index (χ1v) is 7.57. The second-order valence-electron chi connectivity index (χ2n) is 5.31. The largest absolute Gasteiger partial charge is 0.506 e. The summed E-state index contributed by atoms with van der Waals surface area (Å²) in [6, 6.07) is 6.16. The van der Waals surface area contributed by atoms with Gasteiger partial charge in [0, 0.05) is 13.1 Å². The number of phenols is 1. The lowest BCUT2D eigenvalue weighted by Crippen LogP contribution is -2.47. The highest BCUT2D eigenvalue weighted by Crippen LogP contribution is 2.22. The van der Waals surface area contributed by atoms with E-state index in [9.17, 15) is 19.5 Å². The van der Waals surface area contributed by atoms with E-state index in [1.54, 1.807) is 19.1 Å². The zero-order valence-corrected chi connectivity index (χ0v) is 12.9. The number of para-hydroxylation sites is 2. The number of nitrogens with zero attached hydrogens (tertiary/aromatic N) is 1. The van der Waals surface area contributed by atoms with Gasteiger partial charge in [-0.05, 0) is 31.9 Å². The summed E-state index contributed by atoms with van der Waals surface area (Å²) in [6.07, 6.45) is 1.28. The molecule has 2 rings (SSSR count). The smallest absolute Gasteiger partial charge is 0.314 e. The first-order chi connectivity index (χ1) is 11.0. The zero-order chi connectivity index (χ0) is 16.8. The van der Waals surface area contributed by atoms with Gasteiger partial charge < -0.3 is 20.1 Å². The van der Waals surface area contributed by atoms with E-state index in [0.717, 1.165) is 0 Å². The van der Waals surface area contributed by atoms with Crippen LogP contribution >= 0.6 is 0 Å². The minimum atomic E-state index is -0.837. The normalized spacial score (nSPS) is 17.4. The molecule has 2 amide bonds. The Bertz CT molecular complexity index is 602. The molecule has 0 bridgehead atoms.